The largest absolute Gasteiger partial charge is 0.385 e. The van der Waals surface area contributed by atoms with Crippen molar-refractivity contribution in [3.63, 3.8) is 0 Å². The topological polar surface area (TPSA) is 64.9 Å². The maximum atomic E-state index is 11.8. The average molecular weight is 300 g/mol. The van der Waals surface area contributed by atoms with Crippen LogP contribution in [0.2, 0.25) is 5.02 Å². The van der Waals surface area contributed by atoms with Gasteiger partial charge in [0.15, 0.2) is 0 Å². The van der Waals surface area contributed by atoms with Crippen molar-refractivity contribution in [3.05, 3.63) is 59.1 Å². The summed E-state index contributed by atoms with van der Waals surface area (Å²) in [6.45, 7) is 0.531. The summed E-state index contributed by atoms with van der Waals surface area (Å²) in [6, 6.07) is 16.1. The van der Waals surface area contributed by atoms with Crippen molar-refractivity contribution in [1.82, 2.24) is 0 Å². The molecule has 0 saturated carbocycles. The van der Waals surface area contributed by atoms with Crippen LogP contribution >= 0.6 is 11.6 Å². The van der Waals surface area contributed by atoms with E-state index in [1.165, 1.54) is 0 Å². The highest BCUT2D eigenvalue weighted by Crippen LogP contribution is 2.13. The highest BCUT2D eigenvalue weighted by molar-refractivity contribution is 6.30. The molecule has 0 radical (unpaired) electrons. The fraction of sp³-hybridized carbons (Fsp3) is 0.125. The Morgan fingerprint density at radius 1 is 1.05 bits per heavy atom. The van der Waals surface area contributed by atoms with Crippen molar-refractivity contribution < 1.29 is 4.79 Å². The molecule has 2 N–H and O–H groups in total. The summed E-state index contributed by atoms with van der Waals surface area (Å²) >= 11 is 5.80. The minimum atomic E-state index is -0.0822. The Labute approximate surface area is 128 Å². The van der Waals surface area contributed by atoms with E-state index in [-0.39, 0.29) is 5.91 Å². The first kappa shape index (κ1) is 14.9. The van der Waals surface area contributed by atoms with Crippen LogP contribution < -0.4 is 10.6 Å². The summed E-state index contributed by atoms with van der Waals surface area (Å²) in [4.78, 5) is 11.8. The normalized spacial score (nSPS) is 9.71. The van der Waals surface area contributed by atoms with Gasteiger partial charge in [0.2, 0.25) is 5.91 Å². The third-order valence-electron chi connectivity index (χ3n) is 2.82. The predicted octanol–water partition coefficient (Wildman–Crippen LogP) is 3.65. The van der Waals surface area contributed by atoms with Gasteiger partial charge in [-0.05, 0) is 48.5 Å². The zero-order valence-electron chi connectivity index (χ0n) is 11.3. The monoisotopic (exact) mass is 299 g/mol. The first-order valence-corrected chi connectivity index (χ1v) is 6.84. The summed E-state index contributed by atoms with van der Waals surface area (Å²) in [5.41, 5.74) is 2.17. The fourth-order valence-corrected chi connectivity index (χ4v) is 1.87. The van der Waals surface area contributed by atoms with Gasteiger partial charge in [0.1, 0.15) is 0 Å². The van der Waals surface area contributed by atoms with Crippen molar-refractivity contribution in [2.45, 2.75) is 6.42 Å². The second-order valence-corrected chi connectivity index (χ2v) is 4.86. The average Bonchev–Trinajstić information content (AvgIpc) is 2.50. The third kappa shape index (κ3) is 4.83. The Bertz CT molecular complexity index is 645. The van der Waals surface area contributed by atoms with Gasteiger partial charge in [-0.1, -0.05) is 11.6 Å². The molecule has 0 bridgehead atoms. The molecule has 4 nitrogen and oxygen atoms in total. The Morgan fingerprint density at radius 2 is 1.67 bits per heavy atom. The van der Waals surface area contributed by atoms with E-state index in [0.29, 0.717) is 29.2 Å². The molecule has 0 atom stereocenters. The van der Waals surface area contributed by atoms with E-state index >= 15 is 0 Å². The number of nitriles is 1. The molecule has 2 aromatic rings. The second kappa shape index (κ2) is 7.32. The van der Waals surface area contributed by atoms with Gasteiger partial charge in [-0.3, -0.25) is 4.79 Å². The predicted molar refractivity (Wildman–Crippen MR) is 84.3 cm³/mol. The molecule has 0 aliphatic heterocycles. The number of halogens is 1. The quantitative estimate of drug-likeness (QED) is 0.885. The lowest BCUT2D eigenvalue weighted by Crippen LogP contribution is -2.16. The molecule has 0 aliphatic rings. The first-order valence-electron chi connectivity index (χ1n) is 6.47. The van der Waals surface area contributed by atoms with Crippen LogP contribution in [0.25, 0.3) is 0 Å². The molecule has 0 spiro atoms. The lowest BCUT2D eigenvalue weighted by Gasteiger charge is -2.07. The lowest BCUT2D eigenvalue weighted by atomic mass is 10.2. The van der Waals surface area contributed by atoms with Crippen molar-refractivity contribution in [2.75, 3.05) is 17.2 Å². The van der Waals surface area contributed by atoms with Gasteiger partial charge < -0.3 is 10.6 Å². The van der Waals surface area contributed by atoms with Crippen LogP contribution in [0.3, 0.4) is 0 Å². The van der Waals surface area contributed by atoms with Crippen LogP contribution in [0.15, 0.2) is 48.5 Å². The highest BCUT2D eigenvalue weighted by Gasteiger charge is 2.02. The smallest absolute Gasteiger partial charge is 0.226 e. The molecule has 2 rings (SSSR count). The van der Waals surface area contributed by atoms with Gasteiger partial charge in [0.25, 0.3) is 0 Å². The molecule has 0 aromatic heterocycles. The Hall–Kier alpha value is -2.51. The van der Waals surface area contributed by atoms with Crippen molar-refractivity contribution in [3.8, 4) is 6.07 Å². The van der Waals surface area contributed by atoms with Crippen LogP contribution in [0.1, 0.15) is 12.0 Å². The number of rotatable bonds is 5. The molecule has 0 fully saturated rings. The number of carbonyl (C=O) groups excluding carboxylic acids is 1. The maximum Gasteiger partial charge on any atom is 0.226 e. The zero-order valence-corrected chi connectivity index (χ0v) is 12.0. The summed E-state index contributed by atoms with van der Waals surface area (Å²) in [6.07, 6.45) is 0.350. The van der Waals surface area contributed by atoms with Crippen LogP contribution in [0.4, 0.5) is 11.4 Å². The van der Waals surface area contributed by atoms with E-state index in [0.717, 1.165) is 5.69 Å². The van der Waals surface area contributed by atoms with E-state index in [2.05, 4.69) is 10.6 Å². The molecule has 0 saturated heterocycles. The maximum absolute atomic E-state index is 11.8. The molecule has 0 heterocycles. The number of nitrogens with one attached hydrogen (secondary N) is 2. The van der Waals surface area contributed by atoms with E-state index in [1.807, 2.05) is 18.2 Å². The molecule has 21 heavy (non-hydrogen) atoms. The van der Waals surface area contributed by atoms with Gasteiger partial charge in [-0.25, -0.2) is 0 Å². The minimum absolute atomic E-state index is 0.0822. The number of nitrogens with zero attached hydrogens (tertiary/aromatic N) is 1. The van der Waals surface area contributed by atoms with Gasteiger partial charge >= 0.3 is 0 Å². The van der Waals surface area contributed by atoms with E-state index in [4.69, 9.17) is 16.9 Å². The molecule has 2 aromatic carbocycles. The first-order chi connectivity index (χ1) is 10.2. The zero-order chi connectivity index (χ0) is 15.1. The van der Waals surface area contributed by atoms with Crippen LogP contribution in [0, 0.1) is 11.3 Å². The van der Waals surface area contributed by atoms with Gasteiger partial charge in [-0.2, -0.15) is 5.26 Å². The Morgan fingerprint density at radius 3 is 2.29 bits per heavy atom. The van der Waals surface area contributed by atoms with Crippen molar-refractivity contribution in [1.29, 1.82) is 5.26 Å². The Kier molecular flexibility index (Phi) is 5.19. The number of hydrogen-bond donors (Lipinski definition) is 2. The minimum Gasteiger partial charge on any atom is -0.385 e. The third-order valence-corrected chi connectivity index (χ3v) is 3.08. The molecule has 106 valence electrons. The Balaban J connectivity index is 1.76. The van der Waals surface area contributed by atoms with E-state index in [9.17, 15) is 4.79 Å². The van der Waals surface area contributed by atoms with Crippen molar-refractivity contribution in [2.24, 2.45) is 0 Å². The summed E-state index contributed by atoms with van der Waals surface area (Å²) in [5, 5.41) is 15.3. The number of hydrogen-bond acceptors (Lipinski definition) is 3. The van der Waals surface area contributed by atoms with E-state index in [1.54, 1.807) is 36.4 Å². The van der Waals surface area contributed by atoms with Crippen LogP contribution in [-0.4, -0.2) is 12.5 Å². The highest BCUT2D eigenvalue weighted by atomic mass is 35.5. The number of anilines is 2. The lowest BCUT2D eigenvalue weighted by molar-refractivity contribution is -0.115. The molecule has 0 aliphatic carbocycles. The van der Waals surface area contributed by atoms with E-state index < -0.39 is 0 Å². The SMILES string of the molecule is N#Cc1ccc(NC(=O)CCNc2ccc(Cl)cc2)cc1. The van der Waals surface area contributed by atoms with Crippen molar-refractivity contribution >= 4 is 28.9 Å². The summed E-state index contributed by atoms with van der Waals surface area (Å²) in [5.74, 6) is -0.0822. The van der Waals surface area contributed by atoms with Gasteiger partial charge in [0.05, 0.1) is 11.6 Å². The molecular formula is C16H14ClN3O. The van der Waals surface area contributed by atoms with Gasteiger partial charge in [-0.15, -0.1) is 0 Å². The molecule has 0 unspecified atom stereocenters. The summed E-state index contributed by atoms with van der Waals surface area (Å²) < 4.78 is 0. The van der Waals surface area contributed by atoms with Crippen LogP contribution in [-0.2, 0) is 4.79 Å². The summed E-state index contributed by atoms with van der Waals surface area (Å²) in [7, 11) is 0. The fourth-order valence-electron chi connectivity index (χ4n) is 1.74. The number of amides is 1. The molecule has 5 heteroatoms. The molecule has 1 amide bonds. The number of benzene rings is 2. The second-order valence-electron chi connectivity index (χ2n) is 4.42. The molecular weight excluding hydrogens is 286 g/mol. The standard InChI is InChI=1S/C16H14ClN3O/c17-13-3-7-14(8-4-13)19-10-9-16(21)20-15-5-1-12(11-18)2-6-15/h1-8,19H,9-10H2,(H,20,21). The van der Waals surface area contributed by atoms with Gasteiger partial charge in [0, 0.05) is 29.4 Å². The van der Waals surface area contributed by atoms with Crippen LogP contribution in [0.5, 0.6) is 0 Å². The number of carbonyl (C=O) groups is 1.